The number of hydrogen-bond acceptors (Lipinski definition) is 7. The zero-order valence-corrected chi connectivity index (χ0v) is 24.9. The number of allylic oxidation sites excluding steroid dienone is 2. The Morgan fingerprint density at radius 1 is 1.00 bits per heavy atom. The number of anilines is 1. The first-order valence-electron chi connectivity index (χ1n) is 12.7. The van der Waals surface area contributed by atoms with Gasteiger partial charge in [-0.3, -0.25) is 29.0 Å². The van der Waals surface area contributed by atoms with Crippen LogP contribution < -0.4 is 10.4 Å². The summed E-state index contributed by atoms with van der Waals surface area (Å²) in [7, 11) is -1.81. The van der Waals surface area contributed by atoms with E-state index in [0.29, 0.717) is 5.57 Å². The third kappa shape index (κ3) is 3.82. The molecular weight excluding hydrogens is 661 g/mol. The molecule has 1 saturated carbocycles. The zero-order chi connectivity index (χ0) is 29.6. The molecule has 14 heteroatoms. The predicted octanol–water partition coefficient (Wildman–Crippen LogP) is 2.64. The second kappa shape index (κ2) is 9.82. The molecule has 0 spiro atoms. The van der Waals surface area contributed by atoms with Gasteiger partial charge >= 0.3 is 7.12 Å². The van der Waals surface area contributed by atoms with Gasteiger partial charge in [0.2, 0.25) is 11.8 Å². The third-order valence-corrected chi connectivity index (χ3v) is 10.9. The number of likely N-dealkylation sites (tertiary alicyclic amines) is 1. The molecule has 6 atom stereocenters. The Morgan fingerprint density at radius 2 is 1.73 bits per heavy atom. The summed E-state index contributed by atoms with van der Waals surface area (Å²) < 4.78 is 0. The van der Waals surface area contributed by atoms with Gasteiger partial charge in [0.25, 0.3) is 11.8 Å². The minimum atomic E-state index is -2.06. The Labute approximate surface area is 257 Å². The summed E-state index contributed by atoms with van der Waals surface area (Å²) in [6.45, 7) is 0. The standard InChI is InChI=1S/C27H21BBrCl3N2O7/c29-11-33-24(38)26(31)10-18-15(21(27(26,32)25(33)39)17-9-13(30)4-7-19(17)35)5-6-16-20(18)23(37)34(22(16)36)14-3-1-2-12(8-14)28(40)41/h1-5,7-9,16,18,20-21,35,40-41H,6,10-11H2. The average Bonchev–Trinajstić information content (AvgIpc) is 3.28. The minimum Gasteiger partial charge on any atom is -0.508 e. The number of benzene rings is 2. The first-order chi connectivity index (χ1) is 19.4. The summed E-state index contributed by atoms with van der Waals surface area (Å²) in [5, 5.41) is 30.4. The molecular formula is C27H21BBrCl3N2O7. The van der Waals surface area contributed by atoms with Gasteiger partial charge in [0.15, 0.2) is 9.75 Å². The Hall–Kier alpha value is -2.41. The Bertz CT molecular complexity index is 1570. The summed E-state index contributed by atoms with van der Waals surface area (Å²) >= 11 is 23.8. The zero-order valence-electron chi connectivity index (χ0n) is 21.0. The number of halogens is 4. The fraction of sp³-hybridized carbons (Fsp3) is 0.333. The molecule has 41 heavy (non-hydrogen) atoms. The molecule has 9 nitrogen and oxygen atoms in total. The highest BCUT2D eigenvalue weighted by molar-refractivity contribution is 9.09. The van der Waals surface area contributed by atoms with Crippen LogP contribution in [0.15, 0.2) is 54.1 Å². The second-order valence-corrected chi connectivity index (χ2v) is 12.8. The largest absolute Gasteiger partial charge is 0.508 e. The van der Waals surface area contributed by atoms with Crippen LogP contribution in [-0.4, -0.2) is 66.0 Å². The van der Waals surface area contributed by atoms with Gasteiger partial charge in [0.05, 0.1) is 23.0 Å². The molecule has 3 N–H and O–H groups in total. The lowest BCUT2D eigenvalue weighted by molar-refractivity contribution is -0.138. The summed E-state index contributed by atoms with van der Waals surface area (Å²) in [6.07, 6.45) is 1.66. The summed E-state index contributed by atoms with van der Waals surface area (Å²) in [5.74, 6) is -6.45. The summed E-state index contributed by atoms with van der Waals surface area (Å²) in [6, 6.07) is 10.1. The van der Waals surface area contributed by atoms with Crippen molar-refractivity contribution >= 4 is 92.6 Å². The van der Waals surface area contributed by atoms with Crippen molar-refractivity contribution in [3.63, 3.8) is 0 Å². The van der Waals surface area contributed by atoms with Crippen molar-refractivity contribution in [2.75, 3.05) is 10.4 Å². The van der Waals surface area contributed by atoms with Gasteiger partial charge in [-0.2, -0.15) is 0 Å². The quantitative estimate of drug-likeness (QED) is 0.149. The number of carbonyl (C=O) groups is 4. The van der Waals surface area contributed by atoms with E-state index < -0.39 is 64.2 Å². The number of nitrogens with zero attached hydrogens (tertiary/aromatic N) is 2. The van der Waals surface area contributed by atoms with E-state index in [2.05, 4.69) is 15.9 Å². The molecule has 4 aliphatic rings. The molecule has 0 bridgehead atoms. The van der Waals surface area contributed by atoms with Crippen molar-refractivity contribution < 1.29 is 34.3 Å². The summed E-state index contributed by atoms with van der Waals surface area (Å²) in [4.78, 5) is 53.0. The van der Waals surface area contributed by atoms with E-state index >= 15 is 0 Å². The number of aromatic hydroxyl groups is 1. The van der Waals surface area contributed by atoms with Crippen LogP contribution >= 0.6 is 50.7 Å². The molecule has 2 aromatic carbocycles. The number of hydrogen-bond donors (Lipinski definition) is 3. The van der Waals surface area contributed by atoms with Crippen LogP contribution in [0.4, 0.5) is 5.69 Å². The normalized spacial score (nSPS) is 32.6. The molecule has 4 amide bonds. The van der Waals surface area contributed by atoms with Crippen molar-refractivity contribution in [3.05, 3.63) is 64.7 Å². The molecule has 0 radical (unpaired) electrons. The van der Waals surface area contributed by atoms with E-state index in [9.17, 15) is 34.3 Å². The lowest BCUT2D eigenvalue weighted by atomic mass is 9.56. The maximum Gasteiger partial charge on any atom is 0.488 e. The van der Waals surface area contributed by atoms with Crippen LogP contribution in [0.2, 0.25) is 5.02 Å². The van der Waals surface area contributed by atoms with Gasteiger partial charge < -0.3 is 15.2 Å². The van der Waals surface area contributed by atoms with E-state index in [4.69, 9.17) is 34.8 Å². The van der Waals surface area contributed by atoms with Crippen molar-refractivity contribution in [3.8, 4) is 5.75 Å². The first kappa shape index (κ1) is 28.7. The smallest absolute Gasteiger partial charge is 0.488 e. The highest BCUT2D eigenvalue weighted by atomic mass is 79.9. The summed E-state index contributed by atoms with van der Waals surface area (Å²) in [5.41, 5.74) is 0.780. The molecule has 212 valence electrons. The molecule has 2 saturated heterocycles. The molecule has 2 aliphatic heterocycles. The number of phenols is 1. The maximum atomic E-state index is 14.0. The van der Waals surface area contributed by atoms with Crippen molar-refractivity contribution in [1.29, 1.82) is 0 Å². The number of alkyl halides is 3. The van der Waals surface area contributed by atoms with Crippen LogP contribution in [-0.2, 0) is 19.2 Å². The molecule has 2 aliphatic carbocycles. The SMILES string of the molecule is O=C1C2CC=C3C(CC4(Cl)C(=O)N(CBr)C(=O)C4(Cl)C3c3cc(Cl)ccc3O)C2C(=O)N1c1cccc(B(O)O)c1. The van der Waals surface area contributed by atoms with Gasteiger partial charge in [0, 0.05) is 16.5 Å². The van der Waals surface area contributed by atoms with Gasteiger partial charge in [-0.15, -0.1) is 23.2 Å². The molecule has 3 fully saturated rings. The molecule has 2 aromatic rings. The van der Waals surface area contributed by atoms with Crippen LogP contribution in [0.1, 0.15) is 24.3 Å². The Balaban J connectivity index is 1.52. The fourth-order valence-electron chi connectivity index (χ4n) is 6.93. The molecule has 0 aromatic heterocycles. The molecule has 6 rings (SSSR count). The predicted molar refractivity (Wildman–Crippen MR) is 155 cm³/mol. The Kier molecular flexibility index (Phi) is 6.88. The lowest BCUT2D eigenvalue weighted by Crippen LogP contribution is -2.60. The number of fused-ring (bicyclic) bond motifs is 4. The molecule has 2 heterocycles. The van der Waals surface area contributed by atoms with Crippen LogP contribution in [0.5, 0.6) is 5.75 Å². The number of phenolic OH excluding ortho intramolecular Hbond substituents is 1. The number of amides is 4. The highest BCUT2D eigenvalue weighted by Gasteiger charge is 2.76. The van der Waals surface area contributed by atoms with Gasteiger partial charge in [0.1, 0.15) is 5.75 Å². The van der Waals surface area contributed by atoms with Crippen LogP contribution in [0, 0.1) is 17.8 Å². The third-order valence-electron chi connectivity index (χ3n) is 8.74. The van der Waals surface area contributed by atoms with Gasteiger partial charge in [-0.25, -0.2) is 0 Å². The number of imide groups is 2. The maximum absolute atomic E-state index is 14.0. The lowest BCUT2D eigenvalue weighted by Gasteiger charge is -2.50. The minimum absolute atomic E-state index is 0.0995. The Morgan fingerprint density at radius 3 is 2.41 bits per heavy atom. The van der Waals surface area contributed by atoms with E-state index in [1.165, 1.54) is 42.5 Å². The van der Waals surface area contributed by atoms with Crippen molar-refractivity contribution in [2.45, 2.75) is 28.5 Å². The fourth-order valence-corrected chi connectivity index (χ4v) is 8.53. The van der Waals surface area contributed by atoms with E-state index in [0.717, 1.165) is 9.80 Å². The van der Waals surface area contributed by atoms with Crippen LogP contribution in [0.3, 0.4) is 0 Å². The van der Waals surface area contributed by atoms with Gasteiger partial charge in [-0.05, 0) is 54.6 Å². The van der Waals surface area contributed by atoms with E-state index in [1.54, 1.807) is 6.08 Å². The van der Waals surface area contributed by atoms with Crippen molar-refractivity contribution in [1.82, 2.24) is 4.90 Å². The first-order valence-corrected chi connectivity index (χ1v) is 14.9. The second-order valence-electron chi connectivity index (χ2n) is 10.7. The van der Waals surface area contributed by atoms with Crippen LogP contribution in [0.25, 0.3) is 0 Å². The van der Waals surface area contributed by atoms with Crippen molar-refractivity contribution in [2.24, 2.45) is 17.8 Å². The average molecular weight is 683 g/mol. The number of rotatable bonds is 4. The molecule has 6 unspecified atom stereocenters. The number of carbonyl (C=O) groups excluding carboxylic acids is 4. The van der Waals surface area contributed by atoms with Gasteiger partial charge in [-0.1, -0.05) is 51.3 Å². The highest BCUT2D eigenvalue weighted by Crippen LogP contribution is 2.66. The monoisotopic (exact) mass is 680 g/mol. The topological polar surface area (TPSA) is 135 Å². The van der Waals surface area contributed by atoms with E-state index in [-0.39, 0.29) is 45.8 Å². The van der Waals surface area contributed by atoms with E-state index in [1.807, 2.05) is 0 Å².